The third kappa shape index (κ3) is 2.42. The summed E-state index contributed by atoms with van der Waals surface area (Å²) in [7, 11) is 0. The molecule has 0 aliphatic heterocycles. The van der Waals surface area contributed by atoms with Gasteiger partial charge in [0.2, 0.25) is 5.91 Å². The number of H-pyrrole nitrogens is 1. The van der Waals surface area contributed by atoms with E-state index in [0.29, 0.717) is 18.7 Å². The summed E-state index contributed by atoms with van der Waals surface area (Å²) in [6.45, 7) is 1.81. The zero-order chi connectivity index (χ0) is 13.1. The Morgan fingerprint density at radius 1 is 1.39 bits per heavy atom. The summed E-state index contributed by atoms with van der Waals surface area (Å²) in [4.78, 5) is 23.2. The second kappa shape index (κ2) is 5.03. The number of anilines is 1. The van der Waals surface area contributed by atoms with Gasteiger partial charge in [-0.1, -0.05) is 12.2 Å². The molecule has 96 valence electrons. The maximum atomic E-state index is 12.1. The van der Waals surface area contributed by atoms with Crippen molar-refractivity contribution in [2.75, 3.05) is 5.32 Å². The highest BCUT2D eigenvalue weighted by Gasteiger charge is 2.34. The van der Waals surface area contributed by atoms with E-state index in [9.17, 15) is 9.59 Å². The van der Waals surface area contributed by atoms with Crippen molar-refractivity contribution < 1.29 is 14.7 Å². The molecule has 1 aliphatic carbocycles. The maximum absolute atomic E-state index is 12.1. The Kier molecular flexibility index (Phi) is 3.45. The summed E-state index contributed by atoms with van der Waals surface area (Å²) in [6, 6.07) is 0. The minimum atomic E-state index is -0.930. The van der Waals surface area contributed by atoms with Gasteiger partial charge in [0.25, 0.3) is 0 Å². The van der Waals surface area contributed by atoms with Gasteiger partial charge in [-0.25, -0.2) is 0 Å². The van der Waals surface area contributed by atoms with Crippen molar-refractivity contribution >= 4 is 17.7 Å². The average Bonchev–Trinajstić information content (AvgIpc) is 2.75. The van der Waals surface area contributed by atoms with Crippen molar-refractivity contribution in [2.24, 2.45) is 11.8 Å². The van der Waals surface area contributed by atoms with Gasteiger partial charge in [-0.3, -0.25) is 14.7 Å². The van der Waals surface area contributed by atoms with Crippen molar-refractivity contribution in [3.63, 3.8) is 0 Å². The molecular formula is C12H15N3O3. The van der Waals surface area contributed by atoms with Gasteiger partial charge in [0.1, 0.15) is 5.82 Å². The van der Waals surface area contributed by atoms with E-state index in [2.05, 4.69) is 15.5 Å². The number of nitrogens with zero attached hydrogens (tertiary/aromatic N) is 1. The first-order valence-electron chi connectivity index (χ1n) is 5.78. The van der Waals surface area contributed by atoms with Gasteiger partial charge < -0.3 is 10.4 Å². The first-order chi connectivity index (χ1) is 8.59. The van der Waals surface area contributed by atoms with Gasteiger partial charge in [0.15, 0.2) is 0 Å². The predicted octanol–water partition coefficient (Wildman–Crippen LogP) is 1.32. The summed E-state index contributed by atoms with van der Waals surface area (Å²) in [5.41, 5.74) is 0.821. The van der Waals surface area contributed by atoms with Gasteiger partial charge in [-0.05, 0) is 19.8 Å². The van der Waals surface area contributed by atoms with E-state index in [1.165, 1.54) is 0 Å². The number of amides is 1. The Labute approximate surface area is 104 Å². The quantitative estimate of drug-likeness (QED) is 0.704. The fraction of sp³-hybridized carbons (Fsp3) is 0.417. The van der Waals surface area contributed by atoms with E-state index in [4.69, 9.17) is 5.11 Å². The minimum Gasteiger partial charge on any atom is -0.481 e. The van der Waals surface area contributed by atoms with Crippen LogP contribution in [0, 0.1) is 18.8 Å². The molecule has 0 saturated heterocycles. The largest absolute Gasteiger partial charge is 0.481 e. The molecule has 0 fully saturated rings. The van der Waals surface area contributed by atoms with E-state index in [-0.39, 0.29) is 5.91 Å². The molecule has 0 bridgehead atoms. The number of carbonyl (C=O) groups excluding carboxylic acids is 1. The summed E-state index contributed by atoms with van der Waals surface area (Å²) >= 11 is 0. The maximum Gasteiger partial charge on any atom is 0.307 e. The van der Waals surface area contributed by atoms with Gasteiger partial charge in [0.05, 0.1) is 18.0 Å². The predicted molar refractivity (Wildman–Crippen MR) is 64.9 cm³/mol. The molecule has 2 rings (SSSR count). The Morgan fingerprint density at radius 3 is 2.61 bits per heavy atom. The number of aromatic amines is 1. The minimum absolute atomic E-state index is 0.279. The number of aryl methyl sites for hydroxylation is 1. The second-order valence-corrected chi connectivity index (χ2v) is 4.41. The lowest BCUT2D eigenvalue weighted by atomic mass is 9.82. The van der Waals surface area contributed by atoms with Crippen LogP contribution in [0.25, 0.3) is 0 Å². The first kappa shape index (κ1) is 12.3. The highest BCUT2D eigenvalue weighted by molar-refractivity contribution is 5.95. The van der Waals surface area contributed by atoms with Crippen molar-refractivity contribution in [2.45, 2.75) is 19.8 Å². The molecule has 3 N–H and O–H groups in total. The van der Waals surface area contributed by atoms with Crippen LogP contribution in [0.4, 0.5) is 5.82 Å². The van der Waals surface area contributed by atoms with Crippen LogP contribution in [-0.2, 0) is 9.59 Å². The molecule has 1 heterocycles. The Hall–Kier alpha value is -2.11. The van der Waals surface area contributed by atoms with Crippen LogP contribution in [0.3, 0.4) is 0 Å². The summed E-state index contributed by atoms with van der Waals surface area (Å²) < 4.78 is 0. The smallest absolute Gasteiger partial charge is 0.307 e. The van der Waals surface area contributed by atoms with Crippen molar-refractivity contribution in [1.29, 1.82) is 0 Å². The number of aromatic nitrogens is 2. The number of carbonyl (C=O) groups is 2. The number of hydrogen-bond acceptors (Lipinski definition) is 3. The SMILES string of the molecule is Cc1cn[nH]c1NC(=O)C1CC=CCC1C(=O)O. The zero-order valence-corrected chi connectivity index (χ0v) is 10.0. The van der Waals surface area contributed by atoms with Crippen LogP contribution in [-0.4, -0.2) is 27.2 Å². The molecule has 6 heteroatoms. The van der Waals surface area contributed by atoms with Crippen LogP contribution in [0.15, 0.2) is 18.3 Å². The molecule has 0 saturated carbocycles. The van der Waals surface area contributed by atoms with Crippen LogP contribution >= 0.6 is 0 Å². The van der Waals surface area contributed by atoms with E-state index in [1.807, 2.05) is 19.1 Å². The molecule has 6 nitrogen and oxygen atoms in total. The van der Waals surface area contributed by atoms with Crippen LogP contribution < -0.4 is 5.32 Å². The van der Waals surface area contributed by atoms with Crippen molar-refractivity contribution in [3.05, 3.63) is 23.9 Å². The first-order valence-corrected chi connectivity index (χ1v) is 5.78. The fourth-order valence-corrected chi connectivity index (χ4v) is 2.07. The lowest BCUT2D eigenvalue weighted by Gasteiger charge is -2.23. The summed E-state index contributed by atoms with van der Waals surface area (Å²) in [5, 5.41) is 18.3. The number of carboxylic acid groups (broad SMARTS) is 1. The average molecular weight is 249 g/mol. The number of nitrogens with one attached hydrogen (secondary N) is 2. The highest BCUT2D eigenvalue weighted by atomic mass is 16.4. The van der Waals surface area contributed by atoms with E-state index in [0.717, 1.165) is 5.56 Å². The molecule has 1 aliphatic rings. The number of rotatable bonds is 3. The zero-order valence-electron chi connectivity index (χ0n) is 10.0. The van der Waals surface area contributed by atoms with E-state index in [1.54, 1.807) is 6.20 Å². The van der Waals surface area contributed by atoms with Crippen molar-refractivity contribution in [1.82, 2.24) is 10.2 Å². The fourth-order valence-electron chi connectivity index (χ4n) is 2.07. The number of carboxylic acids is 1. The topological polar surface area (TPSA) is 95.1 Å². The number of hydrogen-bond donors (Lipinski definition) is 3. The van der Waals surface area contributed by atoms with Gasteiger partial charge in [0, 0.05) is 5.56 Å². The standard InChI is InChI=1S/C12H15N3O3/c1-7-6-13-15-10(7)14-11(16)8-4-2-3-5-9(8)12(17)18/h2-3,6,8-9H,4-5H2,1H3,(H,17,18)(H2,13,14,15,16). The van der Waals surface area contributed by atoms with E-state index >= 15 is 0 Å². The molecule has 0 spiro atoms. The molecule has 0 aromatic carbocycles. The molecule has 1 amide bonds. The Morgan fingerprint density at radius 2 is 2.06 bits per heavy atom. The molecule has 1 aromatic heterocycles. The third-order valence-corrected chi connectivity index (χ3v) is 3.16. The number of allylic oxidation sites excluding steroid dienone is 2. The number of aliphatic carboxylic acids is 1. The normalized spacial score (nSPS) is 22.7. The van der Waals surface area contributed by atoms with Gasteiger partial charge >= 0.3 is 5.97 Å². The molecule has 0 radical (unpaired) electrons. The third-order valence-electron chi connectivity index (χ3n) is 3.16. The Balaban J connectivity index is 2.10. The monoisotopic (exact) mass is 249 g/mol. The summed E-state index contributed by atoms with van der Waals surface area (Å²) in [6.07, 6.45) is 6.12. The molecular weight excluding hydrogens is 234 g/mol. The second-order valence-electron chi connectivity index (χ2n) is 4.41. The summed E-state index contributed by atoms with van der Waals surface area (Å²) in [5.74, 6) is -1.87. The van der Waals surface area contributed by atoms with E-state index < -0.39 is 17.8 Å². The van der Waals surface area contributed by atoms with Gasteiger partial charge in [-0.2, -0.15) is 5.10 Å². The lowest BCUT2D eigenvalue weighted by molar-refractivity contribution is -0.146. The van der Waals surface area contributed by atoms with Crippen LogP contribution in [0.1, 0.15) is 18.4 Å². The van der Waals surface area contributed by atoms with Crippen LogP contribution in [0.2, 0.25) is 0 Å². The van der Waals surface area contributed by atoms with Crippen molar-refractivity contribution in [3.8, 4) is 0 Å². The highest BCUT2D eigenvalue weighted by Crippen LogP contribution is 2.27. The van der Waals surface area contributed by atoms with Gasteiger partial charge in [-0.15, -0.1) is 0 Å². The molecule has 18 heavy (non-hydrogen) atoms. The molecule has 2 unspecified atom stereocenters. The Bertz CT molecular complexity index is 493. The molecule has 2 atom stereocenters. The lowest BCUT2D eigenvalue weighted by Crippen LogP contribution is -2.34. The van der Waals surface area contributed by atoms with Crippen LogP contribution in [0.5, 0.6) is 0 Å². The molecule has 1 aromatic rings.